The average molecular weight is 269 g/mol. The summed E-state index contributed by atoms with van der Waals surface area (Å²) in [5.41, 5.74) is -0.433. The Balaban J connectivity index is 2.14. The van der Waals surface area contributed by atoms with Gasteiger partial charge in [0.15, 0.2) is 0 Å². The molecule has 0 spiro atoms. The molecule has 0 amide bonds. The summed E-state index contributed by atoms with van der Waals surface area (Å²) in [6.07, 6.45) is 10.4. The monoisotopic (exact) mass is 269 g/mol. The number of rotatable bonds is 9. The van der Waals surface area contributed by atoms with Gasteiger partial charge in [0.25, 0.3) is 0 Å². The van der Waals surface area contributed by atoms with Gasteiger partial charge in [-0.05, 0) is 45.3 Å². The van der Waals surface area contributed by atoms with E-state index in [1.165, 1.54) is 38.5 Å². The molecule has 1 aliphatic rings. The lowest BCUT2D eigenvalue weighted by atomic mass is 9.76. The summed E-state index contributed by atoms with van der Waals surface area (Å²) in [5, 5.41) is 9.35. The molecular formula is C16H31NO2. The lowest BCUT2D eigenvalue weighted by molar-refractivity contribution is -0.152. The molecule has 0 unspecified atom stereocenters. The number of carbonyl (C=O) groups is 1. The van der Waals surface area contributed by atoms with Gasteiger partial charge in [-0.1, -0.05) is 46.0 Å². The molecule has 19 heavy (non-hydrogen) atoms. The van der Waals surface area contributed by atoms with E-state index in [1.54, 1.807) is 0 Å². The fourth-order valence-corrected chi connectivity index (χ4v) is 3.04. The van der Waals surface area contributed by atoms with Crippen molar-refractivity contribution < 1.29 is 9.90 Å². The molecule has 3 heteroatoms. The van der Waals surface area contributed by atoms with Crippen LogP contribution in [0.3, 0.4) is 0 Å². The Bertz CT molecular complexity index is 257. The quantitative estimate of drug-likeness (QED) is 0.645. The van der Waals surface area contributed by atoms with Crippen molar-refractivity contribution >= 4 is 5.97 Å². The molecule has 1 rings (SSSR count). The normalized spacial score (nSPS) is 19.5. The summed E-state index contributed by atoms with van der Waals surface area (Å²) >= 11 is 0. The third kappa shape index (κ3) is 5.13. The first kappa shape index (κ1) is 16.5. The van der Waals surface area contributed by atoms with E-state index in [2.05, 4.69) is 11.8 Å². The van der Waals surface area contributed by atoms with E-state index in [0.29, 0.717) is 0 Å². The van der Waals surface area contributed by atoms with E-state index in [0.717, 1.165) is 38.9 Å². The maximum atomic E-state index is 11.4. The molecule has 0 radical (unpaired) electrons. The second kappa shape index (κ2) is 8.57. The highest BCUT2D eigenvalue weighted by molar-refractivity contribution is 5.74. The zero-order chi connectivity index (χ0) is 14.1. The van der Waals surface area contributed by atoms with Gasteiger partial charge in [-0.2, -0.15) is 0 Å². The Morgan fingerprint density at radius 2 is 1.63 bits per heavy atom. The molecule has 1 aliphatic heterocycles. The summed E-state index contributed by atoms with van der Waals surface area (Å²) in [5.74, 6) is -0.589. The molecule has 0 aromatic heterocycles. The van der Waals surface area contributed by atoms with Crippen LogP contribution >= 0.6 is 0 Å². The van der Waals surface area contributed by atoms with Crippen molar-refractivity contribution in [1.82, 2.24) is 4.90 Å². The molecule has 1 fully saturated rings. The predicted octanol–water partition coefficient (Wildman–Crippen LogP) is 3.92. The topological polar surface area (TPSA) is 40.5 Å². The van der Waals surface area contributed by atoms with E-state index < -0.39 is 11.4 Å². The lowest BCUT2D eigenvalue weighted by Gasteiger charge is -2.38. The van der Waals surface area contributed by atoms with Crippen molar-refractivity contribution in [2.24, 2.45) is 5.41 Å². The Morgan fingerprint density at radius 1 is 1.05 bits per heavy atom. The molecule has 0 aromatic rings. The van der Waals surface area contributed by atoms with Gasteiger partial charge < -0.3 is 10.0 Å². The Morgan fingerprint density at radius 3 is 2.16 bits per heavy atom. The van der Waals surface area contributed by atoms with E-state index in [9.17, 15) is 9.90 Å². The molecule has 112 valence electrons. The van der Waals surface area contributed by atoms with Crippen molar-refractivity contribution in [3.63, 3.8) is 0 Å². The molecule has 3 nitrogen and oxygen atoms in total. The lowest BCUT2D eigenvalue weighted by Crippen LogP contribution is -2.44. The van der Waals surface area contributed by atoms with Crippen LogP contribution in [0.5, 0.6) is 0 Å². The molecule has 1 heterocycles. The van der Waals surface area contributed by atoms with Gasteiger partial charge in [0, 0.05) is 0 Å². The SMILES string of the molecule is CCCCCCCCN1CCC(CC)(C(=O)O)CC1. The number of likely N-dealkylation sites (tertiary alicyclic amines) is 1. The fourth-order valence-electron chi connectivity index (χ4n) is 3.04. The third-order valence-electron chi connectivity index (χ3n) is 4.77. The third-order valence-corrected chi connectivity index (χ3v) is 4.77. The second-order valence-corrected chi connectivity index (χ2v) is 6.05. The van der Waals surface area contributed by atoms with Gasteiger partial charge in [0.1, 0.15) is 0 Å². The number of hydrogen-bond donors (Lipinski definition) is 1. The van der Waals surface area contributed by atoms with Crippen molar-refractivity contribution in [3.05, 3.63) is 0 Å². The predicted molar refractivity (Wildman–Crippen MR) is 79.4 cm³/mol. The van der Waals surface area contributed by atoms with Crippen LogP contribution in [0.2, 0.25) is 0 Å². The number of aliphatic carboxylic acids is 1. The molecule has 1 saturated heterocycles. The van der Waals surface area contributed by atoms with Crippen molar-refractivity contribution in [3.8, 4) is 0 Å². The van der Waals surface area contributed by atoms with Crippen LogP contribution < -0.4 is 0 Å². The minimum absolute atomic E-state index is 0.433. The first-order chi connectivity index (χ1) is 9.14. The summed E-state index contributed by atoms with van der Waals surface area (Å²) in [4.78, 5) is 13.8. The molecule has 0 bridgehead atoms. The highest BCUT2D eigenvalue weighted by atomic mass is 16.4. The molecule has 1 N–H and O–H groups in total. The minimum Gasteiger partial charge on any atom is -0.481 e. The average Bonchev–Trinajstić information content (AvgIpc) is 2.43. The largest absolute Gasteiger partial charge is 0.481 e. The van der Waals surface area contributed by atoms with Gasteiger partial charge in [0.2, 0.25) is 0 Å². The van der Waals surface area contributed by atoms with E-state index in [1.807, 2.05) is 6.92 Å². The molecule has 0 atom stereocenters. The van der Waals surface area contributed by atoms with Gasteiger partial charge in [-0.3, -0.25) is 4.79 Å². The smallest absolute Gasteiger partial charge is 0.309 e. The van der Waals surface area contributed by atoms with E-state index in [-0.39, 0.29) is 0 Å². The number of piperidine rings is 1. The minimum atomic E-state index is -0.589. The maximum Gasteiger partial charge on any atom is 0.309 e. The van der Waals surface area contributed by atoms with Gasteiger partial charge in [0.05, 0.1) is 5.41 Å². The summed E-state index contributed by atoms with van der Waals surface area (Å²) in [6.45, 7) is 7.35. The van der Waals surface area contributed by atoms with Crippen molar-refractivity contribution in [2.45, 2.75) is 71.6 Å². The Hall–Kier alpha value is -0.570. The highest BCUT2D eigenvalue weighted by Gasteiger charge is 2.39. The number of hydrogen-bond acceptors (Lipinski definition) is 2. The number of nitrogens with zero attached hydrogens (tertiary/aromatic N) is 1. The van der Waals surface area contributed by atoms with Crippen LogP contribution in [0.4, 0.5) is 0 Å². The summed E-state index contributed by atoms with van der Waals surface area (Å²) in [7, 11) is 0. The number of unbranched alkanes of at least 4 members (excludes halogenated alkanes) is 5. The number of carboxylic acids is 1. The van der Waals surface area contributed by atoms with Crippen LogP contribution in [0.1, 0.15) is 71.6 Å². The van der Waals surface area contributed by atoms with Gasteiger partial charge >= 0.3 is 5.97 Å². The second-order valence-electron chi connectivity index (χ2n) is 6.05. The molecule has 0 saturated carbocycles. The maximum absolute atomic E-state index is 11.4. The van der Waals surface area contributed by atoms with Gasteiger partial charge in [-0.25, -0.2) is 0 Å². The Kier molecular flexibility index (Phi) is 7.44. The van der Waals surface area contributed by atoms with E-state index >= 15 is 0 Å². The summed E-state index contributed by atoms with van der Waals surface area (Å²) in [6, 6.07) is 0. The standard InChI is InChI=1S/C16H31NO2/c1-3-5-6-7-8-9-12-17-13-10-16(4-2,11-14-17)15(18)19/h3-14H2,1-2H3,(H,18,19). The Labute approximate surface area is 118 Å². The first-order valence-electron chi connectivity index (χ1n) is 8.10. The van der Waals surface area contributed by atoms with Crippen molar-refractivity contribution in [1.29, 1.82) is 0 Å². The van der Waals surface area contributed by atoms with Crippen LogP contribution in [0.25, 0.3) is 0 Å². The zero-order valence-electron chi connectivity index (χ0n) is 12.8. The summed E-state index contributed by atoms with van der Waals surface area (Å²) < 4.78 is 0. The molecule has 0 aliphatic carbocycles. The first-order valence-corrected chi connectivity index (χ1v) is 8.10. The van der Waals surface area contributed by atoms with Crippen molar-refractivity contribution in [2.75, 3.05) is 19.6 Å². The fraction of sp³-hybridized carbons (Fsp3) is 0.938. The van der Waals surface area contributed by atoms with E-state index in [4.69, 9.17) is 0 Å². The molecular weight excluding hydrogens is 238 g/mol. The zero-order valence-corrected chi connectivity index (χ0v) is 12.8. The van der Waals surface area contributed by atoms with Gasteiger partial charge in [-0.15, -0.1) is 0 Å². The van der Waals surface area contributed by atoms with Crippen LogP contribution in [-0.4, -0.2) is 35.6 Å². The highest BCUT2D eigenvalue weighted by Crippen LogP contribution is 2.35. The van der Waals surface area contributed by atoms with Crippen LogP contribution in [0, 0.1) is 5.41 Å². The van der Waals surface area contributed by atoms with Crippen LogP contribution in [0.15, 0.2) is 0 Å². The number of carboxylic acid groups (broad SMARTS) is 1. The molecule has 0 aromatic carbocycles. The van der Waals surface area contributed by atoms with Crippen LogP contribution in [-0.2, 0) is 4.79 Å².